The first-order chi connectivity index (χ1) is 16.1. The average Bonchev–Trinajstić information content (AvgIpc) is 3.36. The highest BCUT2D eigenvalue weighted by atomic mass is 127. The lowest BCUT2D eigenvalue weighted by Crippen LogP contribution is -2.38. The van der Waals surface area contributed by atoms with Crippen LogP contribution in [-0.2, 0) is 19.5 Å². The minimum Gasteiger partial charge on any atom is -0.496 e. The fourth-order valence-corrected chi connectivity index (χ4v) is 3.35. The van der Waals surface area contributed by atoms with Crippen molar-refractivity contribution in [1.82, 2.24) is 16.0 Å². The van der Waals surface area contributed by atoms with Crippen LogP contribution in [0.4, 0.5) is 0 Å². The topological polar surface area (TPSA) is 87.9 Å². The molecule has 3 N–H and O–H groups in total. The maximum Gasteiger partial charge on any atom is 0.251 e. The molecule has 1 aromatic heterocycles. The van der Waals surface area contributed by atoms with Gasteiger partial charge in [0.2, 0.25) is 0 Å². The molecular formula is C26H33IN4O3. The molecule has 0 saturated heterocycles. The highest BCUT2D eigenvalue weighted by Crippen LogP contribution is 2.19. The highest BCUT2D eigenvalue weighted by molar-refractivity contribution is 14.0. The Kier molecular flexibility index (Phi) is 11.5. The van der Waals surface area contributed by atoms with Crippen LogP contribution in [0.15, 0.2) is 70.3 Å². The summed E-state index contributed by atoms with van der Waals surface area (Å²) in [4.78, 5) is 17.1. The molecule has 34 heavy (non-hydrogen) atoms. The summed E-state index contributed by atoms with van der Waals surface area (Å²) in [5.41, 5.74) is 3.89. The van der Waals surface area contributed by atoms with Gasteiger partial charge in [0.1, 0.15) is 11.5 Å². The number of halogens is 1. The van der Waals surface area contributed by atoms with Crippen LogP contribution in [0.3, 0.4) is 0 Å². The zero-order valence-electron chi connectivity index (χ0n) is 19.9. The van der Waals surface area contributed by atoms with Crippen molar-refractivity contribution in [3.63, 3.8) is 0 Å². The number of furan rings is 1. The van der Waals surface area contributed by atoms with Gasteiger partial charge in [-0.1, -0.05) is 24.3 Å². The largest absolute Gasteiger partial charge is 0.496 e. The molecule has 1 amide bonds. The van der Waals surface area contributed by atoms with E-state index in [2.05, 4.69) is 39.1 Å². The molecular weight excluding hydrogens is 543 g/mol. The predicted molar refractivity (Wildman–Crippen MR) is 146 cm³/mol. The van der Waals surface area contributed by atoms with Gasteiger partial charge in [0.15, 0.2) is 5.96 Å². The van der Waals surface area contributed by atoms with Crippen LogP contribution >= 0.6 is 24.0 Å². The Hall–Kier alpha value is -3.01. The second kappa shape index (κ2) is 14.3. The summed E-state index contributed by atoms with van der Waals surface area (Å²) in [6.45, 7) is 6.40. The number of hydrogen-bond acceptors (Lipinski definition) is 4. The van der Waals surface area contributed by atoms with E-state index in [-0.39, 0.29) is 29.9 Å². The number of ether oxygens (including phenoxy) is 1. The predicted octanol–water partition coefficient (Wildman–Crippen LogP) is 4.44. The van der Waals surface area contributed by atoms with Crippen molar-refractivity contribution in [3.05, 3.63) is 88.9 Å². The third-order valence-corrected chi connectivity index (χ3v) is 5.14. The van der Waals surface area contributed by atoms with Gasteiger partial charge in [-0.3, -0.25) is 4.79 Å². The number of aliphatic imine (C=N–C) groups is 1. The van der Waals surface area contributed by atoms with Crippen molar-refractivity contribution >= 4 is 35.8 Å². The third-order valence-electron chi connectivity index (χ3n) is 5.14. The Morgan fingerprint density at radius 3 is 2.62 bits per heavy atom. The molecule has 0 atom stereocenters. The van der Waals surface area contributed by atoms with Crippen LogP contribution < -0.4 is 20.7 Å². The molecule has 0 aliphatic carbocycles. The van der Waals surface area contributed by atoms with Crippen LogP contribution in [0.5, 0.6) is 5.75 Å². The summed E-state index contributed by atoms with van der Waals surface area (Å²) < 4.78 is 10.7. The Bertz CT molecular complexity index is 1070. The van der Waals surface area contributed by atoms with Crippen LogP contribution in [-0.4, -0.2) is 32.1 Å². The van der Waals surface area contributed by atoms with Gasteiger partial charge in [0.25, 0.3) is 5.91 Å². The Labute approximate surface area is 218 Å². The first kappa shape index (κ1) is 27.2. The molecule has 0 radical (unpaired) electrons. The number of carbonyl (C=O) groups excluding carboxylic acids is 1. The number of amides is 1. The molecule has 3 rings (SSSR count). The number of aryl methyl sites for hydroxylation is 1. The Morgan fingerprint density at radius 2 is 1.88 bits per heavy atom. The van der Waals surface area contributed by atoms with Gasteiger partial charge >= 0.3 is 0 Å². The number of nitrogens with one attached hydrogen (secondary N) is 3. The number of nitrogens with zero attached hydrogens (tertiary/aromatic N) is 1. The number of carbonyl (C=O) groups is 1. The average molecular weight is 576 g/mol. The van der Waals surface area contributed by atoms with E-state index < -0.39 is 0 Å². The zero-order chi connectivity index (χ0) is 23.5. The number of hydrogen-bond donors (Lipinski definition) is 3. The lowest BCUT2D eigenvalue weighted by Gasteiger charge is -2.12. The molecule has 0 fully saturated rings. The number of benzene rings is 2. The molecule has 0 saturated carbocycles. The summed E-state index contributed by atoms with van der Waals surface area (Å²) in [7, 11) is 1.69. The summed E-state index contributed by atoms with van der Waals surface area (Å²) in [6, 6.07) is 17.4. The second-order valence-electron chi connectivity index (χ2n) is 7.64. The monoisotopic (exact) mass is 576 g/mol. The van der Waals surface area contributed by atoms with E-state index in [1.165, 1.54) is 5.56 Å². The normalized spacial score (nSPS) is 10.9. The van der Waals surface area contributed by atoms with Crippen molar-refractivity contribution in [3.8, 4) is 5.75 Å². The van der Waals surface area contributed by atoms with E-state index in [1.807, 2.05) is 38.1 Å². The zero-order valence-corrected chi connectivity index (χ0v) is 22.2. The van der Waals surface area contributed by atoms with Crippen LogP contribution in [0.25, 0.3) is 0 Å². The third kappa shape index (κ3) is 8.40. The van der Waals surface area contributed by atoms with Gasteiger partial charge < -0.3 is 25.1 Å². The van der Waals surface area contributed by atoms with Crippen molar-refractivity contribution in [2.45, 2.75) is 33.4 Å². The molecule has 1 heterocycles. The van der Waals surface area contributed by atoms with Crippen LogP contribution in [0, 0.1) is 6.92 Å². The minimum absolute atomic E-state index is 0. The van der Waals surface area contributed by atoms with Gasteiger partial charge in [-0.25, -0.2) is 4.99 Å². The maximum atomic E-state index is 12.5. The fraction of sp³-hybridized carbons (Fsp3) is 0.308. The van der Waals surface area contributed by atoms with E-state index in [0.717, 1.165) is 48.1 Å². The molecule has 2 aromatic carbocycles. The number of guanidine groups is 1. The quantitative estimate of drug-likeness (QED) is 0.189. The molecule has 0 aliphatic heterocycles. The number of methoxy groups -OCH3 is 1. The smallest absolute Gasteiger partial charge is 0.251 e. The van der Waals surface area contributed by atoms with Gasteiger partial charge in [0, 0.05) is 18.7 Å². The van der Waals surface area contributed by atoms with Crippen molar-refractivity contribution in [2.24, 2.45) is 4.99 Å². The lowest BCUT2D eigenvalue weighted by molar-refractivity contribution is 0.0948. The van der Waals surface area contributed by atoms with Crippen LogP contribution in [0.1, 0.15) is 39.7 Å². The first-order valence-corrected chi connectivity index (χ1v) is 11.1. The van der Waals surface area contributed by atoms with Gasteiger partial charge in [-0.2, -0.15) is 0 Å². The molecule has 182 valence electrons. The standard InChI is InChI=1S/C26H32N4O3.HI/c1-4-27-26(28-13-12-20-11-10-19(2)24(16-20)32-3)30-17-21-7-5-8-22(15-21)25(31)29-18-23-9-6-14-33-23;/h5-11,14-16H,4,12-13,17-18H2,1-3H3,(H,29,31)(H2,27,28,30);1H. The maximum absolute atomic E-state index is 12.5. The lowest BCUT2D eigenvalue weighted by atomic mass is 10.1. The summed E-state index contributed by atoms with van der Waals surface area (Å²) >= 11 is 0. The van der Waals surface area contributed by atoms with Crippen molar-refractivity contribution in [1.29, 1.82) is 0 Å². The van der Waals surface area contributed by atoms with Gasteiger partial charge in [0.05, 0.1) is 26.5 Å². The van der Waals surface area contributed by atoms with Gasteiger partial charge in [-0.15, -0.1) is 24.0 Å². The molecule has 0 spiro atoms. The van der Waals surface area contributed by atoms with E-state index in [9.17, 15) is 4.79 Å². The van der Waals surface area contributed by atoms with Crippen molar-refractivity contribution < 1.29 is 13.9 Å². The number of rotatable bonds is 10. The fourth-order valence-electron chi connectivity index (χ4n) is 3.35. The Morgan fingerprint density at radius 1 is 1.03 bits per heavy atom. The molecule has 0 aliphatic rings. The summed E-state index contributed by atoms with van der Waals surface area (Å²) in [5, 5.41) is 9.51. The molecule has 0 unspecified atom stereocenters. The molecule has 7 nitrogen and oxygen atoms in total. The van der Waals surface area contributed by atoms with E-state index in [4.69, 9.17) is 9.15 Å². The van der Waals surface area contributed by atoms with Crippen molar-refractivity contribution in [2.75, 3.05) is 20.2 Å². The van der Waals surface area contributed by atoms with E-state index in [1.54, 1.807) is 25.5 Å². The first-order valence-electron chi connectivity index (χ1n) is 11.1. The molecule has 3 aromatic rings. The van der Waals surface area contributed by atoms with E-state index in [0.29, 0.717) is 18.7 Å². The Balaban J connectivity index is 0.00000408. The summed E-state index contributed by atoms with van der Waals surface area (Å²) in [6.07, 6.45) is 2.44. The highest BCUT2D eigenvalue weighted by Gasteiger charge is 2.07. The van der Waals surface area contributed by atoms with Gasteiger partial charge in [-0.05, 0) is 67.3 Å². The minimum atomic E-state index is -0.143. The molecule has 8 heteroatoms. The second-order valence-corrected chi connectivity index (χ2v) is 7.64. The summed E-state index contributed by atoms with van der Waals surface area (Å²) in [5.74, 6) is 2.22. The van der Waals surface area contributed by atoms with E-state index >= 15 is 0 Å². The SMILES string of the molecule is CCNC(=NCc1cccc(C(=O)NCc2ccco2)c1)NCCc1ccc(C)c(OC)c1.I. The van der Waals surface area contributed by atoms with Crippen LogP contribution in [0.2, 0.25) is 0 Å². The molecule has 0 bridgehead atoms.